The Kier molecular flexibility index (Phi) is 4.93. The summed E-state index contributed by atoms with van der Waals surface area (Å²) >= 11 is 3.25. The Morgan fingerprint density at radius 3 is 2.82 bits per heavy atom. The van der Waals surface area contributed by atoms with E-state index in [-0.39, 0.29) is 12.8 Å². The first-order valence-electron chi connectivity index (χ1n) is 6.70. The van der Waals surface area contributed by atoms with Gasteiger partial charge < -0.3 is 14.9 Å². The van der Waals surface area contributed by atoms with Crippen LogP contribution < -0.4 is 5.32 Å². The first kappa shape index (κ1) is 17.0. The monoisotopic (exact) mass is 377 g/mol. The Morgan fingerprint density at radius 2 is 2.32 bits per heavy atom. The van der Waals surface area contributed by atoms with E-state index in [2.05, 4.69) is 31.3 Å². The number of imide groups is 1. The van der Waals surface area contributed by atoms with Gasteiger partial charge >= 0.3 is 6.03 Å². The molecular weight excluding hydrogens is 362 g/mol. The molecule has 2 fully saturated rings. The minimum Gasteiger partial charge on any atom is -0.394 e. The number of nitrogens with zero attached hydrogens (tertiary/aromatic N) is 4. The Labute approximate surface area is 134 Å². The van der Waals surface area contributed by atoms with Crippen LogP contribution in [0.25, 0.3) is 10.4 Å². The van der Waals surface area contributed by atoms with Crippen molar-refractivity contribution in [3.63, 3.8) is 0 Å². The van der Waals surface area contributed by atoms with Gasteiger partial charge in [-0.2, -0.15) is 0 Å². The van der Waals surface area contributed by atoms with Gasteiger partial charge in [0.25, 0.3) is 0 Å². The standard InChI is InChI=1S/C11H16BrN5O5/c1-2-11(12)8(15-16-13)17(10(21)14-9(11)20)7-3-5(19)6(4-18)22-7/h5-8,18-19H,2-4H2,1H3,(H,14,20,21)/t5-,6+,7+,8+,11+/m0/s1. The van der Waals surface area contributed by atoms with E-state index in [1.165, 1.54) is 0 Å². The zero-order valence-electron chi connectivity index (χ0n) is 11.7. The van der Waals surface area contributed by atoms with Gasteiger partial charge in [-0.25, -0.2) is 4.79 Å². The highest BCUT2D eigenvalue weighted by Gasteiger charge is 2.55. The smallest absolute Gasteiger partial charge is 0.326 e. The third-order valence-corrected chi connectivity index (χ3v) is 5.21. The van der Waals surface area contributed by atoms with Crippen LogP contribution in [0.3, 0.4) is 0 Å². The molecule has 5 atom stereocenters. The molecule has 2 aliphatic heterocycles. The highest BCUT2D eigenvalue weighted by Crippen LogP contribution is 2.38. The molecule has 0 bridgehead atoms. The number of hydrogen-bond donors (Lipinski definition) is 3. The molecule has 10 nitrogen and oxygen atoms in total. The topological polar surface area (TPSA) is 148 Å². The van der Waals surface area contributed by atoms with Crippen LogP contribution in [0.15, 0.2) is 5.11 Å². The molecule has 22 heavy (non-hydrogen) atoms. The zero-order chi connectivity index (χ0) is 16.5. The molecule has 0 saturated carbocycles. The summed E-state index contributed by atoms with van der Waals surface area (Å²) < 4.78 is 4.14. The van der Waals surface area contributed by atoms with Crippen molar-refractivity contribution in [1.29, 1.82) is 0 Å². The van der Waals surface area contributed by atoms with Crippen LogP contribution in [0.4, 0.5) is 4.79 Å². The number of azide groups is 1. The molecule has 3 amide bonds. The summed E-state index contributed by atoms with van der Waals surface area (Å²) in [5.74, 6) is -0.606. The minimum absolute atomic E-state index is 0.0388. The number of amides is 3. The average molecular weight is 378 g/mol. The molecule has 11 heteroatoms. The third kappa shape index (κ3) is 2.66. The van der Waals surface area contributed by atoms with E-state index in [9.17, 15) is 14.7 Å². The van der Waals surface area contributed by atoms with Crippen molar-refractivity contribution in [3.05, 3.63) is 10.4 Å². The lowest BCUT2D eigenvalue weighted by molar-refractivity contribution is -0.130. The van der Waals surface area contributed by atoms with Gasteiger partial charge in [0.2, 0.25) is 5.91 Å². The van der Waals surface area contributed by atoms with E-state index < -0.39 is 47.5 Å². The van der Waals surface area contributed by atoms with Crippen LogP contribution in [-0.4, -0.2) is 62.6 Å². The van der Waals surface area contributed by atoms with Crippen molar-refractivity contribution < 1.29 is 24.5 Å². The lowest BCUT2D eigenvalue weighted by atomic mass is 9.98. The molecule has 0 aliphatic carbocycles. The van der Waals surface area contributed by atoms with Gasteiger partial charge in [0, 0.05) is 11.3 Å². The molecule has 0 unspecified atom stereocenters. The predicted octanol–water partition coefficient (Wildman–Crippen LogP) is 0.187. The molecule has 0 aromatic heterocycles. The first-order chi connectivity index (χ1) is 10.4. The Hall–Kier alpha value is -1.39. The lowest BCUT2D eigenvalue weighted by Gasteiger charge is -2.44. The van der Waals surface area contributed by atoms with E-state index in [1.54, 1.807) is 6.92 Å². The SMILES string of the molecule is CC[C@]1(Br)C(=O)NC(=O)N([C@H]2C[C@H](O)[C@@H](CO)O2)[C@H]1N=[N+]=[N-]. The number of aliphatic hydroxyl groups excluding tert-OH is 2. The number of alkyl halides is 1. The summed E-state index contributed by atoms with van der Waals surface area (Å²) in [5, 5.41) is 24.7. The molecule has 0 spiro atoms. The van der Waals surface area contributed by atoms with E-state index in [1.807, 2.05) is 0 Å². The summed E-state index contributed by atoms with van der Waals surface area (Å²) in [4.78, 5) is 28.0. The summed E-state index contributed by atoms with van der Waals surface area (Å²) in [6.45, 7) is 1.29. The first-order valence-corrected chi connectivity index (χ1v) is 7.49. The van der Waals surface area contributed by atoms with Crippen LogP contribution in [0, 0.1) is 0 Å². The summed E-state index contributed by atoms with van der Waals surface area (Å²) in [6.07, 6.45) is -3.58. The Balaban J connectivity index is 2.37. The number of urea groups is 1. The molecule has 0 radical (unpaired) electrons. The zero-order valence-corrected chi connectivity index (χ0v) is 13.3. The maximum absolute atomic E-state index is 12.1. The van der Waals surface area contributed by atoms with Crippen molar-refractivity contribution in [2.75, 3.05) is 6.61 Å². The van der Waals surface area contributed by atoms with Crippen molar-refractivity contribution in [3.8, 4) is 0 Å². The van der Waals surface area contributed by atoms with Crippen molar-refractivity contribution in [2.24, 2.45) is 5.11 Å². The highest BCUT2D eigenvalue weighted by molar-refractivity contribution is 9.10. The molecular formula is C11H16BrN5O5. The van der Waals surface area contributed by atoms with Gasteiger partial charge in [-0.05, 0) is 12.0 Å². The number of rotatable bonds is 4. The second-order valence-corrected chi connectivity index (χ2v) is 6.49. The van der Waals surface area contributed by atoms with E-state index in [4.69, 9.17) is 15.4 Å². The van der Waals surface area contributed by atoms with E-state index in [0.717, 1.165) is 4.90 Å². The molecule has 122 valence electrons. The van der Waals surface area contributed by atoms with Crippen molar-refractivity contribution in [2.45, 2.75) is 48.7 Å². The quantitative estimate of drug-likeness (QED) is 0.276. The second kappa shape index (κ2) is 6.39. The van der Waals surface area contributed by atoms with Crippen LogP contribution in [-0.2, 0) is 9.53 Å². The van der Waals surface area contributed by atoms with Gasteiger partial charge in [-0.1, -0.05) is 28.0 Å². The largest absolute Gasteiger partial charge is 0.394 e. The van der Waals surface area contributed by atoms with Gasteiger partial charge in [0.15, 0.2) is 0 Å². The highest BCUT2D eigenvalue weighted by atomic mass is 79.9. The molecule has 2 rings (SSSR count). The fourth-order valence-corrected chi connectivity index (χ4v) is 3.00. The van der Waals surface area contributed by atoms with Crippen LogP contribution in [0.5, 0.6) is 0 Å². The number of halogens is 1. The summed E-state index contributed by atoms with van der Waals surface area (Å²) in [6, 6.07) is -0.776. The van der Waals surface area contributed by atoms with Gasteiger partial charge in [0.05, 0.1) is 12.7 Å². The van der Waals surface area contributed by atoms with Gasteiger partial charge in [-0.15, -0.1) is 0 Å². The normalized spacial score (nSPS) is 38.6. The number of aliphatic hydroxyl groups is 2. The molecule has 3 N–H and O–H groups in total. The van der Waals surface area contributed by atoms with Gasteiger partial charge in [-0.3, -0.25) is 15.0 Å². The average Bonchev–Trinajstić information content (AvgIpc) is 2.85. The Bertz CT molecular complexity index is 527. The van der Waals surface area contributed by atoms with Gasteiger partial charge in [0.1, 0.15) is 22.8 Å². The maximum Gasteiger partial charge on any atom is 0.326 e. The fourth-order valence-electron chi connectivity index (χ4n) is 2.59. The van der Waals surface area contributed by atoms with E-state index in [0.29, 0.717) is 0 Å². The van der Waals surface area contributed by atoms with Crippen LogP contribution >= 0.6 is 15.9 Å². The number of ether oxygens (including phenoxy) is 1. The summed E-state index contributed by atoms with van der Waals surface area (Å²) in [7, 11) is 0. The predicted molar refractivity (Wildman–Crippen MR) is 76.6 cm³/mol. The fraction of sp³-hybridized carbons (Fsp3) is 0.818. The molecule has 2 saturated heterocycles. The molecule has 2 heterocycles. The van der Waals surface area contributed by atoms with Crippen LogP contribution in [0.2, 0.25) is 0 Å². The molecule has 0 aromatic rings. The number of hydrogen-bond acceptors (Lipinski definition) is 6. The molecule has 0 aromatic carbocycles. The molecule has 2 aliphatic rings. The van der Waals surface area contributed by atoms with Crippen molar-refractivity contribution >= 4 is 27.9 Å². The maximum atomic E-state index is 12.1. The second-order valence-electron chi connectivity index (χ2n) is 5.08. The van der Waals surface area contributed by atoms with Crippen molar-refractivity contribution in [1.82, 2.24) is 10.2 Å². The van der Waals surface area contributed by atoms with Crippen LogP contribution in [0.1, 0.15) is 19.8 Å². The minimum atomic E-state index is -1.29. The summed E-state index contributed by atoms with van der Waals surface area (Å²) in [5.41, 5.74) is 8.77. The lowest BCUT2D eigenvalue weighted by Crippen LogP contribution is -2.68. The Morgan fingerprint density at radius 1 is 1.64 bits per heavy atom. The third-order valence-electron chi connectivity index (χ3n) is 3.88. The number of nitrogens with one attached hydrogen (secondary N) is 1. The van der Waals surface area contributed by atoms with E-state index >= 15 is 0 Å². The number of carbonyl (C=O) groups is 2. The number of carbonyl (C=O) groups excluding carboxylic acids is 2.